The summed E-state index contributed by atoms with van der Waals surface area (Å²) < 4.78 is 0. The molecule has 1 heterocycles. The van der Waals surface area contributed by atoms with Crippen LogP contribution in [0.15, 0.2) is 0 Å². The molecule has 0 bridgehead atoms. The lowest BCUT2D eigenvalue weighted by molar-refractivity contribution is -0.145. The Balaban J connectivity index is 2.93. The zero-order valence-corrected chi connectivity index (χ0v) is 20.1. The van der Waals surface area contributed by atoms with E-state index in [1.807, 2.05) is 13.8 Å². The molecule has 1 saturated heterocycles. The third-order valence-electron chi connectivity index (χ3n) is 5.76. The van der Waals surface area contributed by atoms with E-state index in [0.717, 1.165) is 0 Å². The second-order valence-electron chi connectivity index (χ2n) is 9.18. The summed E-state index contributed by atoms with van der Waals surface area (Å²) in [4.78, 5) is 62.9. The Hall–Kier alpha value is -2.73. The minimum atomic E-state index is -1.16. The summed E-state index contributed by atoms with van der Waals surface area (Å²) in [5.74, 6) is -3.24. The van der Waals surface area contributed by atoms with Gasteiger partial charge in [0, 0.05) is 13.0 Å². The minimum Gasteiger partial charge on any atom is -0.480 e. The van der Waals surface area contributed by atoms with Crippen molar-refractivity contribution in [1.29, 1.82) is 0 Å². The van der Waals surface area contributed by atoms with Crippen LogP contribution >= 0.6 is 0 Å². The van der Waals surface area contributed by atoms with Crippen LogP contribution in [-0.2, 0) is 24.0 Å². The smallest absolute Gasteiger partial charge is 0.326 e. The van der Waals surface area contributed by atoms with Crippen molar-refractivity contribution in [1.82, 2.24) is 15.5 Å². The Morgan fingerprint density at radius 2 is 1.74 bits per heavy atom. The molecule has 12 nitrogen and oxygen atoms in total. The molecule has 0 spiro atoms. The predicted molar refractivity (Wildman–Crippen MR) is 125 cm³/mol. The average Bonchev–Trinajstić information content (AvgIpc) is 3.24. The van der Waals surface area contributed by atoms with Crippen LogP contribution in [0, 0.1) is 5.92 Å². The van der Waals surface area contributed by atoms with E-state index in [2.05, 4.69) is 10.6 Å². The molecule has 34 heavy (non-hydrogen) atoms. The first-order valence-corrected chi connectivity index (χ1v) is 11.9. The number of likely N-dealkylation sites (tertiary alicyclic amines) is 1. The second-order valence-corrected chi connectivity index (χ2v) is 9.18. The number of aliphatic carboxylic acids is 1. The monoisotopic (exact) mass is 484 g/mol. The number of unbranched alkanes of at least 4 members (excludes halogenated alkanes) is 1. The normalized spacial score (nSPS) is 18.3. The van der Waals surface area contributed by atoms with Crippen LogP contribution in [0.3, 0.4) is 0 Å². The summed E-state index contributed by atoms with van der Waals surface area (Å²) in [7, 11) is 0. The number of carboxylic acid groups (broad SMARTS) is 1. The van der Waals surface area contributed by atoms with Crippen LogP contribution in [0.4, 0.5) is 0 Å². The van der Waals surface area contributed by atoms with Crippen LogP contribution < -0.4 is 27.8 Å². The van der Waals surface area contributed by atoms with Gasteiger partial charge in [-0.1, -0.05) is 13.8 Å². The molecular formula is C22H40N6O6. The number of rotatable bonds is 15. The summed E-state index contributed by atoms with van der Waals surface area (Å²) in [6.45, 7) is 4.51. The number of carbonyl (C=O) groups excluding carboxylic acids is 4. The highest BCUT2D eigenvalue weighted by atomic mass is 16.4. The van der Waals surface area contributed by atoms with Gasteiger partial charge in [-0.25, -0.2) is 4.79 Å². The quantitative estimate of drug-likeness (QED) is 0.155. The number of carbonyl (C=O) groups is 5. The van der Waals surface area contributed by atoms with Crippen LogP contribution in [0.5, 0.6) is 0 Å². The molecule has 4 atom stereocenters. The van der Waals surface area contributed by atoms with Gasteiger partial charge in [0.15, 0.2) is 0 Å². The first kappa shape index (κ1) is 29.3. The van der Waals surface area contributed by atoms with Crippen molar-refractivity contribution in [3.63, 3.8) is 0 Å². The van der Waals surface area contributed by atoms with E-state index in [1.165, 1.54) is 4.90 Å². The number of primary amides is 1. The van der Waals surface area contributed by atoms with Crippen LogP contribution in [0.2, 0.25) is 0 Å². The Kier molecular flexibility index (Phi) is 12.5. The van der Waals surface area contributed by atoms with Gasteiger partial charge in [0.05, 0.1) is 6.04 Å². The molecule has 4 amide bonds. The van der Waals surface area contributed by atoms with Gasteiger partial charge >= 0.3 is 5.97 Å². The van der Waals surface area contributed by atoms with Gasteiger partial charge in [-0.05, 0) is 57.4 Å². The third-order valence-corrected chi connectivity index (χ3v) is 5.76. The maximum absolute atomic E-state index is 13.3. The van der Waals surface area contributed by atoms with Gasteiger partial charge in [0.25, 0.3) is 0 Å². The molecule has 194 valence electrons. The molecule has 0 aromatic heterocycles. The van der Waals surface area contributed by atoms with Crippen molar-refractivity contribution in [3.05, 3.63) is 0 Å². The predicted octanol–water partition coefficient (Wildman–Crippen LogP) is -1.20. The molecule has 0 unspecified atom stereocenters. The van der Waals surface area contributed by atoms with Crippen LogP contribution in [0.1, 0.15) is 65.2 Å². The molecule has 9 N–H and O–H groups in total. The lowest BCUT2D eigenvalue weighted by Crippen LogP contribution is -2.57. The molecule has 1 aliphatic heterocycles. The maximum Gasteiger partial charge on any atom is 0.326 e. The lowest BCUT2D eigenvalue weighted by atomic mass is 10.0. The van der Waals surface area contributed by atoms with Gasteiger partial charge in [0.1, 0.15) is 18.1 Å². The Bertz CT molecular complexity index is 731. The van der Waals surface area contributed by atoms with Gasteiger partial charge in [-0.3, -0.25) is 19.2 Å². The SMILES string of the molecule is CC(C)C[C@H](N)C(=O)N[C@@H](CCC(N)=O)C(=O)N1CCC[C@H]1C(=O)N[C@@H](CCCCN)C(=O)O. The molecule has 0 aromatic rings. The molecule has 0 radical (unpaired) electrons. The maximum atomic E-state index is 13.3. The van der Waals surface area contributed by atoms with Crippen molar-refractivity contribution in [2.45, 2.75) is 89.4 Å². The van der Waals surface area contributed by atoms with Gasteiger partial charge in [0.2, 0.25) is 23.6 Å². The highest BCUT2D eigenvalue weighted by molar-refractivity contribution is 5.94. The van der Waals surface area contributed by atoms with Crippen molar-refractivity contribution in [2.75, 3.05) is 13.1 Å². The van der Waals surface area contributed by atoms with E-state index >= 15 is 0 Å². The number of hydrogen-bond donors (Lipinski definition) is 6. The number of amides is 4. The first-order chi connectivity index (χ1) is 16.0. The van der Waals surface area contributed by atoms with Gasteiger partial charge < -0.3 is 37.8 Å². The third kappa shape index (κ3) is 9.64. The summed E-state index contributed by atoms with van der Waals surface area (Å²) in [6, 6.07) is -3.87. The van der Waals surface area contributed by atoms with Crippen LogP contribution in [-0.4, -0.2) is 76.9 Å². The number of nitrogens with one attached hydrogen (secondary N) is 2. The van der Waals surface area contributed by atoms with E-state index in [0.29, 0.717) is 38.6 Å². The molecule has 1 aliphatic rings. The highest BCUT2D eigenvalue weighted by Crippen LogP contribution is 2.20. The fraction of sp³-hybridized carbons (Fsp3) is 0.773. The lowest BCUT2D eigenvalue weighted by Gasteiger charge is -2.30. The number of nitrogens with zero attached hydrogens (tertiary/aromatic N) is 1. The first-order valence-electron chi connectivity index (χ1n) is 11.9. The zero-order chi connectivity index (χ0) is 25.8. The van der Waals surface area contributed by atoms with Crippen molar-refractivity contribution >= 4 is 29.6 Å². The van der Waals surface area contributed by atoms with E-state index in [-0.39, 0.29) is 31.7 Å². The Labute approximate surface area is 200 Å². The Morgan fingerprint density at radius 1 is 1.06 bits per heavy atom. The molecule has 1 rings (SSSR count). The summed E-state index contributed by atoms with van der Waals surface area (Å²) in [5, 5.41) is 14.6. The van der Waals surface area contributed by atoms with E-state index in [9.17, 15) is 29.1 Å². The molecule has 0 saturated carbocycles. The van der Waals surface area contributed by atoms with Crippen molar-refractivity contribution in [3.8, 4) is 0 Å². The number of hydrogen-bond acceptors (Lipinski definition) is 7. The van der Waals surface area contributed by atoms with E-state index in [4.69, 9.17) is 17.2 Å². The number of nitrogens with two attached hydrogens (primary N) is 3. The second kappa shape index (κ2) is 14.5. The Morgan fingerprint density at radius 3 is 2.29 bits per heavy atom. The molecule has 0 aliphatic carbocycles. The zero-order valence-electron chi connectivity index (χ0n) is 20.1. The molecule has 12 heteroatoms. The van der Waals surface area contributed by atoms with E-state index in [1.54, 1.807) is 0 Å². The average molecular weight is 485 g/mol. The largest absolute Gasteiger partial charge is 0.480 e. The van der Waals surface area contributed by atoms with Gasteiger partial charge in [-0.15, -0.1) is 0 Å². The molecular weight excluding hydrogens is 444 g/mol. The summed E-state index contributed by atoms with van der Waals surface area (Å²) in [5.41, 5.74) is 16.6. The van der Waals surface area contributed by atoms with Gasteiger partial charge in [-0.2, -0.15) is 0 Å². The summed E-state index contributed by atoms with van der Waals surface area (Å²) in [6.07, 6.45) is 2.54. The fourth-order valence-electron chi connectivity index (χ4n) is 3.96. The summed E-state index contributed by atoms with van der Waals surface area (Å²) >= 11 is 0. The standard InChI is InChI=1S/C22H40N6O6/c1-13(2)12-14(24)19(30)26-15(8-9-18(25)29)21(32)28-11-5-7-17(28)20(31)27-16(22(33)34)6-3-4-10-23/h13-17H,3-12,23-24H2,1-2H3,(H2,25,29)(H,26,30)(H,27,31)(H,33,34)/t14-,15-,16-,17-/m0/s1. The fourth-order valence-corrected chi connectivity index (χ4v) is 3.96. The minimum absolute atomic E-state index is 0.0318. The van der Waals surface area contributed by atoms with Crippen molar-refractivity contribution in [2.24, 2.45) is 23.1 Å². The van der Waals surface area contributed by atoms with E-state index < -0.39 is 53.8 Å². The number of carboxylic acids is 1. The van der Waals surface area contributed by atoms with Crippen molar-refractivity contribution < 1.29 is 29.1 Å². The highest BCUT2D eigenvalue weighted by Gasteiger charge is 2.39. The molecule has 0 aromatic carbocycles. The van der Waals surface area contributed by atoms with Crippen LogP contribution in [0.25, 0.3) is 0 Å². The topological polar surface area (TPSA) is 211 Å². The molecule has 1 fully saturated rings.